The number of halogens is 1. The van der Waals surface area contributed by atoms with Gasteiger partial charge in [-0.1, -0.05) is 12.2 Å². The van der Waals surface area contributed by atoms with E-state index in [1.165, 1.54) is 0 Å². The van der Waals surface area contributed by atoms with Crippen LogP contribution in [0.3, 0.4) is 0 Å². The lowest BCUT2D eigenvalue weighted by molar-refractivity contribution is 0.444. The minimum atomic E-state index is 0. The Morgan fingerprint density at radius 3 is 1.27 bits per heavy atom. The van der Waals surface area contributed by atoms with Crippen LogP contribution in [0.2, 0.25) is 0 Å². The van der Waals surface area contributed by atoms with E-state index >= 15 is 0 Å². The van der Waals surface area contributed by atoms with Gasteiger partial charge in [0.05, 0.1) is 0 Å². The van der Waals surface area contributed by atoms with E-state index in [0.717, 1.165) is 13.1 Å². The summed E-state index contributed by atoms with van der Waals surface area (Å²) in [6, 6.07) is 0. The van der Waals surface area contributed by atoms with Crippen molar-refractivity contribution in [2.45, 2.75) is 0 Å². The fourth-order valence-electron chi connectivity index (χ4n) is 0.571. The average Bonchev–Trinajstić information content (AvgIpc) is 1.79. The Morgan fingerprint density at radius 1 is 0.818 bits per heavy atom. The van der Waals surface area contributed by atoms with Gasteiger partial charge >= 0.3 is 0 Å². The fourth-order valence-corrected chi connectivity index (χ4v) is 0.571. The molecule has 0 saturated carbocycles. The van der Waals surface area contributed by atoms with Crippen molar-refractivity contribution >= 4 is 12.4 Å². The van der Waals surface area contributed by atoms with Crippen LogP contribution in [0, 0.1) is 0 Å². The van der Waals surface area contributed by atoms with Gasteiger partial charge in [-0.05, 0) is 28.2 Å². The molecule has 0 N–H and O–H groups in total. The lowest BCUT2D eigenvalue weighted by Gasteiger charge is -2.06. The predicted molar refractivity (Wildman–Crippen MR) is 53.5 cm³/mol. The smallest absolute Gasteiger partial charge is 0.0157 e. The monoisotopic (exact) mass is 178 g/mol. The van der Waals surface area contributed by atoms with E-state index < -0.39 is 0 Å². The zero-order valence-corrected chi connectivity index (χ0v) is 8.69. The molecule has 0 atom stereocenters. The first-order chi connectivity index (χ1) is 4.63. The summed E-state index contributed by atoms with van der Waals surface area (Å²) < 4.78 is 0. The van der Waals surface area contributed by atoms with Gasteiger partial charge < -0.3 is 9.80 Å². The molecule has 68 valence electrons. The van der Waals surface area contributed by atoms with Crippen LogP contribution in [0.15, 0.2) is 12.2 Å². The summed E-state index contributed by atoms with van der Waals surface area (Å²) >= 11 is 0. The third-order valence-corrected chi connectivity index (χ3v) is 1.11. The standard InChI is InChI=1S/C8H18N2.ClH/c1-9(2)7-5-6-8-10(3)4;/h5-6H,7-8H2,1-4H3;1H/b6-5-;. The molecule has 0 fully saturated rings. The van der Waals surface area contributed by atoms with E-state index in [-0.39, 0.29) is 12.4 Å². The van der Waals surface area contributed by atoms with Crippen molar-refractivity contribution in [3.05, 3.63) is 12.2 Å². The quantitative estimate of drug-likeness (QED) is 0.595. The van der Waals surface area contributed by atoms with E-state index in [0.29, 0.717) is 0 Å². The van der Waals surface area contributed by atoms with E-state index in [9.17, 15) is 0 Å². The highest BCUT2D eigenvalue weighted by atomic mass is 35.5. The van der Waals surface area contributed by atoms with Crippen molar-refractivity contribution in [1.82, 2.24) is 9.80 Å². The van der Waals surface area contributed by atoms with Gasteiger partial charge in [0.2, 0.25) is 0 Å². The number of hydrogen-bond acceptors (Lipinski definition) is 2. The third kappa shape index (κ3) is 13.0. The molecule has 0 heterocycles. The van der Waals surface area contributed by atoms with Crippen LogP contribution in [0.1, 0.15) is 0 Å². The van der Waals surface area contributed by atoms with Crippen LogP contribution in [-0.2, 0) is 0 Å². The summed E-state index contributed by atoms with van der Waals surface area (Å²) in [4.78, 5) is 4.29. The maximum atomic E-state index is 2.18. The van der Waals surface area contributed by atoms with E-state index in [4.69, 9.17) is 0 Å². The third-order valence-electron chi connectivity index (χ3n) is 1.11. The molecule has 0 aliphatic rings. The van der Waals surface area contributed by atoms with Crippen molar-refractivity contribution in [2.24, 2.45) is 0 Å². The average molecular weight is 179 g/mol. The van der Waals surface area contributed by atoms with E-state index in [1.54, 1.807) is 0 Å². The highest BCUT2D eigenvalue weighted by Gasteiger charge is 1.83. The second-order valence-electron chi connectivity index (χ2n) is 3.00. The SMILES string of the molecule is CN(C)C/C=C\CN(C)C.Cl. The molecule has 3 heteroatoms. The summed E-state index contributed by atoms with van der Waals surface area (Å²) in [6.45, 7) is 2.07. The number of hydrogen-bond donors (Lipinski definition) is 0. The Balaban J connectivity index is 0. The van der Waals surface area contributed by atoms with Crippen molar-refractivity contribution in [3.8, 4) is 0 Å². The summed E-state index contributed by atoms with van der Waals surface area (Å²) in [6.07, 6.45) is 4.36. The summed E-state index contributed by atoms with van der Waals surface area (Å²) in [5.41, 5.74) is 0. The van der Waals surface area contributed by atoms with Crippen LogP contribution in [0.25, 0.3) is 0 Å². The van der Waals surface area contributed by atoms with Gasteiger partial charge in [0, 0.05) is 13.1 Å². The Bertz CT molecular complexity index is 88.3. The molecule has 0 radical (unpaired) electrons. The van der Waals surface area contributed by atoms with Crippen LogP contribution < -0.4 is 0 Å². The van der Waals surface area contributed by atoms with Crippen LogP contribution in [-0.4, -0.2) is 51.1 Å². The first-order valence-corrected chi connectivity index (χ1v) is 3.57. The van der Waals surface area contributed by atoms with Gasteiger partial charge in [-0.15, -0.1) is 12.4 Å². The van der Waals surface area contributed by atoms with Gasteiger partial charge in [0.25, 0.3) is 0 Å². The van der Waals surface area contributed by atoms with Gasteiger partial charge in [-0.3, -0.25) is 0 Å². The van der Waals surface area contributed by atoms with E-state index in [2.05, 4.69) is 50.1 Å². The lowest BCUT2D eigenvalue weighted by Crippen LogP contribution is -2.13. The lowest BCUT2D eigenvalue weighted by atomic mass is 10.4. The molecule has 0 bridgehead atoms. The maximum absolute atomic E-state index is 2.18. The molecule has 0 spiro atoms. The van der Waals surface area contributed by atoms with Crippen LogP contribution in [0.4, 0.5) is 0 Å². The molecule has 0 rings (SSSR count). The van der Waals surface area contributed by atoms with Crippen molar-refractivity contribution in [2.75, 3.05) is 41.3 Å². The molecule has 11 heavy (non-hydrogen) atoms. The molecule has 0 aromatic carbocycles. The largest absolute Gasteiger partial charge is 0.306 e. The summed E-state index contributed by atoms with van der Waals surface area (Å²) in [5.74, 6) is 0. The van der Waals surface area contributed by atoms with Gasteiger partial charge in [0.1, 0.15) is 0 Å². The molecule has 0 aromatic heterocycles. The van der Waals surface area contributed by atoms with Crippen LogP contribution >= 0.6 is 12.4 Å². The maximum Gasteiger partial charge on any atom is 0.0157 e. The first kappa shape index (κ1) is 13.5. The molecule has 0 aliphatic carbocycles. The Hall–Kier alpha value is -0.0500. The minimum absolute atomic E-state index is 0. The number of rotatable bonds is 4. The topological polar surface area (TPSA) is 6.48 Å². The summed E-state index contributed by atoms with van der Waals surface area (Å²) in [7, 11) is 8.28. The molecule has 0 unspecified atom stereocenters. The Labute approximate surface area is 76.3 Å². The van der Waals surface area contributed by atoms with Crippen molar-refractivity contribution < 1.29 is 0 Å². The molecule has 0 amide bonds. The highest BCUT2D eigenvalue weighted by molar-refractivity contribution is 5.85. The summed E-state index contributed by atoms with van der Waals surface area (Å²) in [5, 5.41) is 0. The second kappa shape index (κ2) is 8.05. The number of likely N-dealkylation sites (N-methyl/N-ethyl adjacent to an activating group) is 2. The molecular formula is C8H19ClN2. The highest BCUT2D eigenvalue weighted by Crippen LogP contribution is 1.79. The van der Waals surface area contributed by atoms with E-state index in [1.807, 2.05) is 0 Å². The minimum Gasteiger partial charge on any atom is -0.306 e. The van der Waals surface area contributed by atoms with Crippen molar-refractivity contribution in [1.29, 1.82) is 0 Å². The molecule has 0 aromatic rings. The van der Waals surface area contributed by atoms with Gasteiger partial charge in [0.15, 0.2) is 0 Å². The first-order valence-electron chi connectivity index (χ1n) is 3.57. The Kier molecular flexibility index (Phi) is 9.90. The molecule has 0 saturated heterocycles. The molecule has 0 aliphatic heterocycles. The second-order valence-corrected chi connectivity index (χ2v) is 3.00. The zero-order valence-electron chi connectivity index (χ0n) is 7.87. The Morgan fingerprint density at radius 2 is 1.09 bits per heavy atom. The van der Waals surface area contributed by atoms with Gasteiger partial charge in [-0.25, -0.2) is 0 Å². The zero-order chi connectivity index (χ0) is 7.98. The molecular weight excluding hydrogens is 160 g/mol. The van der Waals surface area contributed by atoms with Crippen LogP contribution in [0.5, 0.6) is 0 Å². The predicted octanol–water partition coefficient (Wildman–Crippen LogP) is 1.09. The molecule has 2 nitrogen and oxygen atoms in total. The van der Waals surface area contributed by atoms with Gasteiger partial charge in [-0.2, -0.15) is 0 Å². The number of nitrogens with zero attached hydrogens (tertiary/aromatic N) is 2. The normalized spacial score (nSPS) is 11.1. The van der Waals surface area contributed by atoms with Crippen molar-refractivity contribution in [3.63, 3.8) is 0 Å². The fraction of sp³-hybridized carbons (Fsp3) is 0.750.